The number of nitrogens with one attached hydrogen (secondary N) is 4. The molecule has 1 heterocycles. The van der Waals surface area contributed by atoms with E-state index in [-0.39, 0.29) is 5.91 Å². The van der Waals surface area contributed by atoms with Gasteiger partial charge in [-0.3, -0.25) is 9.52 Å². The topological polar surface area (TPSA) is 91.0 Å². The number of nitrogens with zero attached hydrogens (tertiary/aromatic N) is 2. The Hall–Kier alpha value is -3.10. The molecule has 7 nitrogen and oxygen atoms in total. The molecule has 0 saturated carbocycles. The Labute approximate surface area is 175 Å². The van der Waals surface area contributed by atoms with Crippen LogP contribution < -0.4 is 20.7 Å². The zero-order valence-corrected chi connectivity index (χ0v) is 17.8. The van der Waals surface area contributed by atoms with Crippen LogP contribution in [0.2, 0.25) is 0 Å². The molecule has 1 amide bonds. The molecule has 3 aromatic rings. The summed E-state index contributed by atoms with van der Waals surface area (Å²) in [5, 5.41) is 9.24. The van der Waals surface area contributed by atoms with Gasteiger partial charge in [0.25, 0.3) is 0 Å². The van der Waals surface area contributed by atoms with Crippen LogP contribution in [0.25, 0.3) is 0 Å². The van der Waals surface area contributed by atoms with Crippen molar-refractivity contribution in [1.29, 1.82) is 0 Å². The smallest absolute Gasteiger partial charge is 0.221 e. The average molecular weight is 411 g/mol. The first-order valence-corrected chi connectivity index (χ1v) is 10.1. The Morgan fingerprint density at radius 1 is 0.862 bits per heavy atom. The third kappa shape index (κ3) is 7.44. The van der Waals surface area contributed by atoms with Crippen molar-refractivity contribution in [3.8, 4) is 0 Å². The van der Waals surface area contributed by atoms with E-state index < -0.39 is 0 Å². The number of anilines is 5. The first-order valence-electron chi connectivity index (χ1n) is 9.30. The third-order valence-electron chi connectivity index (χ3n) is 3.47. The highest BCUT2D eigenvalue weighted by Gasteiger charge is 2.03. The van der Waals surface area contributed by atoms with Crippen molar-refractivity contribution in [3.05, 3.63) is 60.9 Å². The lowest BCUT2D eigenvalue weighted by atomic mass is 10.2. The molecule has 0 fully saturated rings. The summed E-state index contributed by atoms with van der Waals surface area (Å²) in [6, 6.07) is 17.3. The van der Waals surface area contributed by atoms with Gasteiger partial charge in [-0.2, -0.15) is 0 Å². The molecule has 3 rings (SSSR count). The van der Waals surface area contributed by atoms with Crippen LogP contribution in [0.3, 0.4) is 0 Å². The maximum absolute atomic E-state index is 11.1. The van der Waals surface area contributed by atoms with Crippen molar-refractivity contribution in [2.24, 2.45) is 0 Å². The van der Waals surface area contributed by atoms with E-state index >= 15 is 0 Å². The largest absolute Gasteiger partial charge is 0.340 e. The lowest BCUT2D eigenvalue weighted by Gasteiger charge is -2.10. The van der Waals surface area contributed by atoms with Crippen molar-refractivity contribution in [2.75, 3.05) is 23.0 Å². The van der Waals surface area contributed by atoms with Crippen molar-refractivity contribution in [3.63, 3.8) is 0 Å². The van der Waals surface area contributed by atoms with Crippen molar-refractivity contribution in [2.45, 2.75) is 25.7 Å². The van der Waals surface area contributed by atoms with Gasteiger partial charge >= 0.3 is 0 Å². The summed E-state index contributed by atoms with van der Waals surface area (Å²) in [6.07, 6.45) is 1.50. The molecule has 0 bridgehead atoms. The quantitative estimate of drug-likeness (QED) is 0.399. The van der Waals surface area contributed by atoms with E-state index in [0.717, 1.165) is 22.0 Å². The maximum Gasteiger partial charge on any atom is 0.221 e. The Morgan fingerprint density at radius 3 is 2.10 bits per heavy atom. The molecule has 0 aliphatic rings. The predicted molar refractivity (Wildman–Crippen MR) is 122 cm³/mol. The lowest BCUT2D eigenvalue weighted by Crippen LogP contribution is -2.05. The van der Waals surface area contributed by atoms with Gasteiger partial charge in [-0.25, -0.2) is 9.97 Å². The second kappa shape index (κ2) is 11.7. The van der Waals surface area contributed by atoms with Gasteiger partial charge in [0.15, 0.2) is 0 Å². The second-order valence-electron chi connectivity index (χ2n) is 5.63. The first-order chi connectivity index (χ1) is 14.1. The lowest BCUT2D eigenvalue weighted by molar-refractivity contribution is -0.114. The van der Waals surface area contributed by atoms with E-state index in [1.807, 2.05) is 75.5 Å². The maximum atomic E-state index is 11.1. The first kappa shape index (κ1) is 22.2. The predicted octanol–water partition coefficient (Wildman–Crippen LogP) is 5.17. The van der Waals surface area contributed by atoms with Crippen LogP contribution in [0.4, 0.5) is 28.7 Å². The molecule has 0 aliphatic carbocycles. The number of rotatable bonds is 7. The average Bonchev–Trinajstić information content (AvgIpc) is 2.71. The summed E-state index contributed by atoms with van der Waals surface area (Å²) >= 11 is 1.55. The number of amides is 1. The van der Waals surface area contributed by atoms with E-state index in [0.29, 0.717) is 11.6 Å². The molecule has 1 aromatic heterocycles. The number of benzene rings is 2. The van der Waals surface area contributed by atoms with Crippen LogP contribution in [-0.4, -0.2) is 22.9 Å². The molecule has 0 atom stereocenters. The molecule has 152 valence electrons. The molecule has 0 radical (unpaired) electrons. The second-order valence-corrected chi connectivity index (χ2v) is 6.71. The summed E-state index contributed by atoms with van der Waals surface area (Å²) in [5.41, 5.74) is 2.55. The Morgan fingerprint density at radius 2 is 1.48 bits per heavy atom. The van der Waals surface area contributed by atoms with Crippen LogP contribution in [0.1, 0.15) is 20.8 Å². The Balaban J connectivity index is 0.00000145. The summed E-state index contributed by atoms with van der Waals surface area (Å²) in [6.45, 7) is 5.48. The Kier molecular flexibility index (Phi) is 8.94. The van der Waals surface area contributed by atoms with Gasteiger partial charge in [-0.05, 0) is 61.5 Å². The molecule has 0 saturated heterocycles. The summed E-state index contributed by atoms with van der Waals surface area (Å²) in [5.74, 6) is 1.26. The van der Waals surface area contributed by atoms with Crippen LogP contribution in [0.15, 0.2) is 65.8 Å². The number of hydrogen-bond donors (Lipinski definition) is 4. The van der Waals surface area contributed by atoms with Gasteiger partial charge in [0.05, 0.1) is 0 Å². The van der Waals surface area contributed by atoms with E-state index in [4.69, 9.17) is 0 Å². The third-order valence-corrected chi connectivity index (χ3v) is 4.16. The van der Waals surface area contributed by atoms with Crippen LogP contribution in [0.5, 0.6) is 0 Å². The zero-order chi connectivity index (χ0) is 21.1. The minimum absolute atomic E-state index is 0.0978. The van der Waals surface area contributed by atoms with E-state index in [9.17, 15) is 4.79 Å². The SMILES string of the molecule is CC.CNSc1cccc(Nc2cc(Nc3ccc(NC(C)=O)cc3)ncn2)c1. The fraction of sp³-hybridized carbons (Fsp3) is 0.190. The highest BCUT2D eigenvalue weighted by molar-refractivity contribution is 7.97. The molecular weight excluding hydrogens is 384 g/mol. The van der Waals surface area contributed by atoms with E-state index in [1.165, 1.54) is 13.3 Å². The van der Waals surface area contributed by atoms with E-state index in [2.05, 4.69) is 30.6 Å². The van der Waals surface area contributed by atoms with Gasteiger partial charge in [0.1, 0.15) is 18.0 Å². The van der Waals surface area contributed by atoms with Crippen molar-refractivity contribution >= 4 is 46.6 Å². The zero-order valence-electron chi connectivity index (χ0n) is 17.0. The summed E-state index contributed by atoms with van der Waals surface area (Å²) < 4.78 is 3.06. The molecule has 4 N–H and O–H groups in total. The summed E-state index contributed by atoms with van der Waals surface area (Å²) in [7, 11) is 1.88. The Bertz CT molecular complexity index is 917. The summed E-state index contributed by atoms with van der Waals surface area (Å²) in [4.78, 5) is 20.7. The number of carbonyl (C=O) groups excluding carboxylic acids is 1. The molecular formula is C21H26N6OS. The minimum Gasteiger partial charge on any atom is -0.340 e. The van der Waals surface area contributed by atoms with Gasteiger partial charge in [0.2, 0.25) is 5.91 Å². The van der Waals surface area contributed by atoms with Gasteiger partial charge < -0.3 is 16.0 Å². The monoisotopic (exact) mass is 410 g/mol. The molecule has 2 aromatic carbocycles. The van der Waals surface area contributed by atoms with Gasteiger partial charge in [-0.1, -0.05) is 19.9 Å². The van der Waals surface area contributed by atoms with Gasteiger partial charge in [-0.15, -0.1) is 0 Å². The fourth-order valence-electron chi connectivity index (χ4n) is 2.39. The molecule has 0 aliphatic heterocycles. The van der Waals surface area contributed by atoms with Gasteiger partial charge in [0, 0.05) is 34.9 Å². The fourth-order valence-corrected chi connectivity index (χ4v) is 2.95. The van der Waals surface area contributed by atoms with Crippen LogP contribution in [0, 0.1) is 0 Å². The highest BCUT2D eigenvalue weighted by atomic mass is 32.2. The van der Waals surface area contributed by atoms with Crippen LogP contribution in [-0.2, 0) is 4.79 Å². The molecule has 29 heavy (non-hydrogen) atoms. The molecule has 0 unspecified atom stereocenters. The highest BCUT2D eigenvalue weighted by Crippen LogP contribution is 2.23. The van der Waals surface area contributed by atoms with Crippen molar-refractivity contribution in [1.82, 2.24) is 14.7 Å². The minimum atomic E-state index is -0.0978. The van der Waals surface area contributed by atoms with Crippen molar-refractivity contribution < 1.29 is 4.79 Å². The normalized spacial score (nSPS) is 9.79. The standard InChI is InChI=1S/C19H20N6OS.C2H6/c1-13(26)23-14-6-8-15(9-7-14)24-18-11-19(22-12-21-18)25-16-4-3-5-17(10-16)27-20-2;1-2/h3-12,20H,1-2H3,(H,23,26)(H2,21,22,24,25);1-2H3. The molecule has 0 spiro atoms. The van der Waals surface area contributed by atoms with Crippen LogP contribution >= 0.6 is 11.9 Å². The number of hydrogen-bond acceptors (Lipinski definition) is 7. The number of aromatic nitrogens is 2. The molecule has 8 heteroatoms. The van der Waals surface area contributed by atoms with E-state index in [1.54, 1.807) is 11.9 Å². The number of carbonyl (C=O) groups is 1.